The molecule has 6 heteroatoms. The summed E-state index contributed by atoms with van der Waals surface area (Å²) in [6, 6.07) is 0. The number of aryl methyl sites for hydroxylation is 1. The predicted octanol–water partition coefficient (Wildman–Crippen LogP) is 2.47. The van der Waals surface area contributed by atoms with Crippen molar-refractivity contribution in [1.82, 2.24) is 4.98 Å². The van der Waals surface area contributed by atoms with E-state index in [1.165, 1.54) is 0 Å². The van der Waals surface area contributed by atoms with Crippen molar-refractivity contribution in [2.75, 3.05) is 6.61 Å². The lowest BCUT2D eigenvalue weighted by molar-refractivity contribution is -0.139. The number of nitrogens with zero attached hydrogens (tertiary/aromatic N) is 1. The molecule has 0 aliphatic rings. The van der Waals surface area contributed by atoms with Crippen molar-refractivity contribution >= 4 is 29.2 Å². The number of halogens is 2. The quantitative estimate of drug-likeness (QED) is 0.895. The Bertz CT molecular complexity index is 407. The molecule has 0 amide bonds. The smallest absolute Gasteiger partial charge is 0.341 e. The molecule has 1 aromatic rings. The largest absolute Gasteiger partial charge is 0.479 e. The van der Waals surface area contributed by atoms with Gasteiger partial charge in [-0.2, -0.15) is 0 Å². The molecule has 0 aliphatic carbocycles. The molecule has 0 aromatic carbocycles. The van der Waals surface area contributed by atoms with Crippen LogP contribution in [-0.2, 0) is 4.79 Å². The van der Waals surface area contributed by atoms with Crippen molar-refractivity contribution in [3.63, 3.8) is 0 Å². The summed E-state index contributed by atoms with van der Waals surface area (Å²) in [6.45, 7) is 2.93. The Morgan fingerprint density at radius 1 is 1.40 bits per heavy atom. The molecule has 0 fully saturated rings. The van der Waals surface area contributed by atoms with Gasteiger partial charge >= 0.3 is 5.97 Å². The summed E-state index contributed by atoms with van der Waals surface area (Å²) in [4.78, 5) is 14.3. The molecule has 1 aromatic heterocycles. The fraction of sp³-hybridized carbons (Fsp3) is 0.333. The van der Waals surface area contributed by atoms with Crippen LogP contribution < -0.4 is 4.74 Å². The molecule has 0 atom stereocenters. The van der Waals surface area contributed by atoms with Gasteiger partial charge in [0.25, 0.3) is 0 Å². The van der Waals surface area contributed by atoms with Gasteiger partial charge in [-0.1, -0.05) is 23.2 Å². The van der Waals surface area contributed by atoms with Gasteiger partial charge in [-0.3, -0.25) is 0 Å². The number of hydrogen-bond acceptors (Lipinski definition) is 3. The lowest BCUT2D eigenvalue weighted by Gasteiger charge is -2.09. The van der Waals surface area contributed by atoms with Crippen molar-refractivity contribution in [1.29, 1.82) is 0 Å². The van der Waals surface area contributed by atoms with Gasteiger partial charge in [-0.05, 0) is 19.4 Å². The standard InChI is InChI=1S/C9H9Cl2NO3/c1-4-7(10)5(2)12-9(8(4)11)15-3-6(13)14/h3H2,1-2H3,(H,13,14). The molecule has 1 heterocycles. The SMILES string of the molecule is Cc1nc(OCC(=O)O)c(Cl)c(C)c1Cl. The van der Waals surface area contributed by atoms with Crippen molar-refractivity contribution in [3.8, 4) is 5.88 Å². The van der Waals surface area contributed by atoms with E-state index in [0.717, 1.165) is 0 Å². The molecular formula is C9H9Cl2NO3. The van der Waals surface area contributed by atoms with E-state index in [9.17, 15) is 4.79 Å². The second kappa shape index (κ2) is 4.68. The molecule has 15 heavy (non-hydrogen) atoms. The van der Waals surface area contributed by atoms with Gasteiger partial charge in [0.05, 0.1) is 10.7 Å². The maximum atomic E-state index is 10.3. The molecule has 1 N–H and O–H groups in total. The van der Waals surface area contributed by atoms with E-state index in [1.807, 2.05) is 0 Å². The number of hydrogen-bond donors (Lipinski definition) is 1. The first kappa shape index (κ1) is 12.1. The normalized spacial score (nSPS) is 10.1. The number of carbonyl (C=O) groups is 1. The Labute approximate surface area is 96.8 Å². The van der Waals surface area contributed by atoms with Crippen LogP contribution in [0.5, 0.6) is 5.88 Å². The van der Waals surface area contributed by atoms with Crippen LogP contribution >= 0.6 is 23.2 Å². The molecule has 0 spiro atoms. The lowest BCUT2D eigenvalue weighted by Crippen LogP contribution is -2.11. The summed E-state index contributed by atoms with van der Waals surface area (Å²) >= 11 is 11.8. The Hall–Kier alpha value is -1.000. The minimum Gasteiger partial charge on any atom is -0.479 e. The third kappa shape index (κ3) is 2.73. The van der Waals surface area contributed by atoms with Gasteiger partial charge < -0.3 is 9.84 Å². The molecule has 0 unspecified atom stereocenters. The highest BCUT2D eigenvalue weighted by Gasteiger charge is 2.13. The summed E-state index contributed by atoms with van der Waals surface area (Å²) < 4.78 is 4.91. The van der Waals surface area contributed by atoms with E-state index in [-0.39, 0.29) is 10.9 Å². The van der Waals surface area contributed by atoms with Gasteiger partial charge in [0.15, 0.2) is 6.61 Å². The Morgan fingerprint density at radius 3 is 2.53 bits per heavy atom. The molecular weight excluding hydrogens is 241 g/mol. The Balaban J connectivity index is 3.04. The molecule has 0 saturated carbocycles. The molecule has 0 bridgehead atoms. The van der Waals surface area contributed by atoms with Crippen LogP contribution in [0, 0.1) is 13.8 Å². The van der Waals surface area contributed by atoms with E-state index in [2.05, 4.69) is 4.98 Å². The molecule has 0 saturated heterocycles. The highest BCUT2D eigenvalue weighted by molar-refractivity contribution is 6.36. The van der Waals surface area contributed by atoms with Crippen LogP contribution in [0.3, 0.4) is 0 Å². The lowest BCUT2D eigenvalue weighted by atomic mass is 10.2. The topological polar surface area (TPSA) is 59.4 Å². The minimum atomic E-state index is -1.09. The predicted molar refractivity (Wildman–Crippen MR) is 56.9 cm³/mol. The maximum absolute atomic E-state index is 10.3. The molecule has 82 valence electrons. The van der Waals surface area contributed by atoms with Gasteiger partial charge in [-0.15, -0.1) is 0 Å². The third-order valence-corrected chi connectivity index (χ3v) is 2.77. The number of rotatable bonds is 3. The molecule has 1 rings (SSSR count). The minimum absolute atomic E-state index is 0.0958. The number of aromatic nitrogens is 1. The Morgan fingerprint density at radius 2 is 2.00 bits per heavy atom. The first-order valence-electron chi connectivity index (χ1n) is 4.10. The summed E-state index contributed by atoms with van der Waals surface area (Å²) in [5.74, 6) is -0.989. The first-order valence-corrected chi connectivity index (χ1v) is 4.86. The number of carboxylic acid groups (broad SMARTS) is 1. The first-order chi connectivity index (χ1) is 6.93. The third-order valence-electron chi connectivity index (χ3n) is 1.77. The fourth-order valence-corrected chi connectivity index (χ4v) is 1.38. The maximum Gasteiger partial charge on any atom is 0.341 e. The highest BCUT2D eigenvalue weighted by atomic mass is 35.5. The number of pyridine rings is 1. The van der Waals surface area contributed by atoms with Crippen molar-refractivity contribution in [3.05, 3.63) is 21.3 Å². The second-order valence-electron chi connectivity index (χ2n) is 2.94. The van der Waals surface area contributed by atoms with E-state index in [1.54, 1.807) is 13.8 Å². The number of aliphatic carboxylic acids is 1. The molecule has 0 aliphatic heterocycles. The van der Waals surface area contributed by atoms with Gasteiger partial charge in [0, 0.05) is 0 Å². The van der Waals surface area contributed by atoms with Gasteiger partial charge in [0.1, 0.15) is 5.02 Å². The zero-order valence-corrected chi connectivity index (χ0v) is 9.69. The van der Waals surface area contributed by atoms with Crippen LogP contribution in [-0.4, -0.2) is 22.7 Å². The summed E-state index contributed by atoms with van der Waals surface area (Å²) in [6.07, 6.45) is 0. The fourth-order valence-electron chi connectivity index (χ4n) is 1.00. The Kier molecular flexibility index (Phi) is 3.77. The van der Waals surface area contributed by atoms with Crippen molar-refractivity contribution < 1.29 is 14.6 Å². The van der Waals surface area contributed by atoms with Crippen LogP contribution in [0.25, 0.3) is 0 Å². The van der Waals surface area contributed by atoms with Crippen LogP contribution in [0.1, 0.15) is 11.3 Å². The van der Waals surface area contributed by atoms with Gasteiger partial charge in [-0.25, -0.2) is 9.78 Å². The van der Waals surface area contributed by atoms with E-state index >= 15 is 0 Å². The zero-order valence-electron chi connectivity index (χ0n) is 8.17. The van der Waals surface area contributed by atoms with Crippen LogP contribution in [0.15, 0.2) is 0 Å². The average molecular weight is 250 g/mol. The van der Waals surface area contributed by atoms with Crippen molar-refractivity contribution in [2.24, 2.45) is 0 Å². The number of ether oxygens (including phenoxy) is 1. The zero-order chi connectivity index (χ0) is 11.6. The van der Waals surface area contributed by atoms with E-state index in [0.29, 0.717) is 16.3 Å². The second-order valence-corrected chi connectivity index (χ2v) is 3.69. The van der Waals surface area contributed by atoms with Crippen LogP contribution in [0.4, 0.5) is 0 Å². The van der Waals surface area contributed by atoms with Crippen LogP contribution in [0.2, 0.25) is 10.0 Å². The molecule has 4 nitrogen and oxygen atoms in total. The summed E-state index contributed by atoms with van der Waals surface area (Å²) in [5, 5.41) is 9.14. The van der Waals surface area contributed by atoms with Crippen molar-refractivity contribution in [2.45, 2.75) is 13.8 Å². The highest BCUT2D eigenvalue weighted by Crippen LogP contribution is 2.32. The molecule has 0 radical (unpaired) electrons. The summed E-state index contributed by atoms with van der Waals surface area (Å²) in [7, 11) is 0. The van der Waals surface area contributed by atoms with E-state index in [4.69, 9.17) is 33.0 Å². The average Bonchev–Trinajstić information content (AvgIpc) is 2.18. The van der Waals surface area contributed by atoms with Gasteiger partial charge in [0.2, 0.25) is 5.88 Å². The van der Waals surface area contributed by atoms with E-state index < -0.39 is 12.6 Å². The summed E-state index contributed by atoms with van der Waals surface area (Å²) in [5.41, 5.74) is 1.19. The monoisotopic (exact) mass is 249 g/mol. The number of carboxylic acids is 1.